The molecule has 2 saturated heterocycles. The van der Waals surface area contributed by atoms with Crippen LogP contribution in [0.25, 0.3) is 0 Å². The number of nitrogens with zero attached hydrogens (tertiary/aromatic N) is 4. The summed E-state index contributed by atoms with van der Waals surface area (Å²) < 4.78 is 31.0. The van der Waals surface area contributed by atoms with Crippen LogP contribution in [-0.4, -0.2) is 98.8 Å². The van der Waals surface area contributed by atoms with Crippen LogP contribution in [-0.2, 0) is 39.4 Å². The minimum Gasteiger partial charge on any atom is -0.436 e. The Morgan fingerprint density at radius 1 is 1.14 bits per heavy atom. The van der Waals surface area contributed by atoms with Crippen LogP contribution < -0.4 is 16.8 Å². The van der Waals surface area contributed by atoms with E-state index in [1.165, 1.54) is 29.6 Å². The Balaban J connectivity index is 1.68. The lowest BCUT2D eigenvalue weighted by Crippen LogP contribution is -2.64. The van der Waals surface area contributed by atoms with Gasteiger partial charge in [0.05, 0.1) is 29.4 Å². The Labute approximate surface area is 255 Å². The van der Waals surface area contributed by atoms with E-state index in [-0.39, 0.29) is 38.1 Å². The molecular weight excluding hydrogens is 598 g/mol. The number of ether oxygens (including phenoxy) is 1. The van der Waals surface area contributed by atoms with E-state index >= 15 is 0 Å². The highest BCUT2D eigenvalue weighted by Gasteiger charge is 2.51. The summed E-state index contributed by atoms with van der Waals surface area (Å²) in [4.78, 5) is 66.0. The molecule has 3 atom stereocenters. The summed E-state index contributed by atoms with van der Waals surface area (Å²) in [6.45, 7) is 2.96. The number of Topliss-reactive ketones (excluding diaryl/α,β-unsaturated/α-hetero) is 1. The van der Waals surface area contributed by atoms with Crippen molar-refractivity contribution in [3.8, 4) is 0 Å². The molecule has 6 N–H and O–H groups in total. The summed E-state index contributed by atoms with van der Waals surface area (Å²) in [6, 6.07) is -1.93. The van der Waals surface area contributed by atoms with Crippen molar-refractivity contribution in [2.45, 2.75) is 101 Å². The zero-order valence-electron chi connectivity index (χ0n) is 24.9. The summed E-state index contributed by atoms with van der Waals surface area (Å²) in [5.74, 6) is -4.78. The number of likely N-dealkylation sites (tertiary alicyclic amines) is 1. The van der Waals surface area contributed by atoms with Crippen LogP contribution in [0, 0.1) is 5.92 Å². The van der Waals surface area contributed by atoms with Crippen LogP contribution in [0.3, 0.4) is 0 Å². The van der Waals surface area contributed by atoms with E-state index in [1.54, 1.807) is 0 Å². The lowest BCUT2D eigenvalue weighted by atomic mass is 9.85. The van der Waals surface area contributed by atoms with Gasteiger partial charge in [-0.05, 0) is 39.0 Å². The molecule has 1 aromatic rings. The van der Waals surface area contributed by atoms with Crippen molar-refractivity contribution in [2.75, 3.05) is 18.1 Å². The molecule has 3 aliphatic rings. The quantitative estimate of drug-likeness (QED) is 0.231. The van der Waals surface area contributed by atoms with Crippen molar-refractivity contribution in [3.05, 3.63) is 11.9 Å². The van der Waals surface area contributed by atoms with Gasteiger partial charge >= 0.3 is 6.09 Å². The molecule has 17 heteroatoms. The largest absolute Gasteiger partial charge is 0.436 e. The molecule has 1 aliphatic carbocycles. The van der Waals surface area contributed by atoms with Crippen molar-refractivity contribution in [1.82, 2.24) is 25.2 Å². The van der Waals surface area contributed by atoms with E-state index in [4.69, 9.17) is 16.2 Å². The Kier molecular flexibility index (Phi) is 9.68. The van der Waals surface area contributed by atoms with E-state index in [9.17, 15) is 37.5 Å². The van der Waals surface area contributed by atoms with Gasteiger partial charge in [0.2, 0.25) is 11.7 Å². The molecule has 16 nitrogen and oxygen atoms in total. The number of nitrogens with two attached hydrogens (primary N) is 2. The molecule has 0 radical (unpaired) electrons. The van der Waals surface area contributed by atoms with Crippen molar-refractivity contribution >= 4 is 39.4 Å². The first-order chi connectivity index (χ1) is 20.5. The van der Waals surface area contributed by atoms with Crippen LogP contribution >= 0.6 is 0 Å². The van der Waals surface area contributed by atoms with Crippen molar-refractivity contribution < 1.29 is 42.2 Å². The number of carbonyl (C=O) groups excluding carboxylic acids is 5. The monoisotopic (exact) mass is 639 g/mol. The number of primary amides is 2. The second-order valence-corrected chi connectivity index (χ2v) is 14.9. The Bertz CT molecular complexity index is 1380. The molecule has 1 unspecified atom stereocenters. The fourth-order valence-electron chi connectivity index (χ4n) is 6.54. The van der Waals surface area contributed by atoms with Gasteiger partial charge in [-0.25, -0.2) is 17.9 Å². The number of nitrogens with one attached hydrogen (secondary N) is 1. The molecule has 3 fully saturated rings. The highest BCUT2D eigenvalue weighted by atomic mass is 32.2. The highest BCUT2D eigenvalue weighted by Crippen LogP contribution is 2.35. The number of carbonyl (C=O) groups is 5. The number of amides is 4. The van der Waals surface area contributed by atoms with Gasteiger partial charge in [0.25, 0.3) is 11.8 Å². The smallest absolute Gasteiger partial charge is 0.405 e. The van der Waals surface area contributed by atoms with E-state index in [1.807, 2.05) is 0 Å². The van der Waals surface area contributed by atoms with Gasteiger partial charge in [-0.3, -0.25) is 19.2 Å². The van der Waals surface area contributed by atoms with Gasteiger partial charge in [-0.15, -0.1) is 5.10 Å². The van der Waals surface area contributed by atoms with Crippen LogP contribution in [0.4, 0.5) is 4.79 Å². The van der Waals surface area contributed by atoms with Gasteiger partial charge in [-0.1, -0.05) is 37.3 Å². The van der Waals surface area contributed by atoms with Crippen molar-refractivity contribution in [1.29, 1.82) is 0 Å². The zero-order chi connectivity index (χ0) is 32.4. The first-order valence-corrected chi connectivity index (χ1v) is 16.6. The van der Waals surface area contributed by atoms with Crippen LogP contribution in [0.5, 0.6) is 0 Å². The van der Waals surface area contributed by atoms with Crippen LogP contribution in [0.15, 0.2) is 6.20 Å². The number of hydrogen-bond acceptors (Lipinski definition) is 11. The van der Waals surface area contributed by atoms with E-state index in [0.717, 1.165) is 32.1 Å². The van der Waals surface area contributed by atoms with Gasteiger partial charge < -0.3 is 31.5 Å². The molecule has 244 valence electrons. The molecule has 0 bridgehead atoms. The standard InChI is InChI=1S/C27H41N7O9S/c1-26(2,40)20-14-30-32-34(20)17-13-18(23(37)31-27(21(35)22(28)36)8-10-44(41,42)11-9-27)33(15-17)24(38)19(43-25(29)39)12-16-6-4-3-5-7-16/h14,16-19,40H,3-13,15H2,1-2H3,(H2,28,36)(H2,29,39)(H,31,37)/t17-,18-,19?/m0/s1. The lowest BCUT2D eigenvalue weighted by molar-refractivity contribution is -0.148. The van der Waals surface area contributed by atoms with Gasteiger partial charge in [0, 0.05) is 13.0 Å². The molecule has 0 spiro atoms. The number of aromatic nitrogens is 3. The number of sulfone groups is 1. The molecule has 4 rings (SSSR count). The minimum atomic E-state index is -3.51. The Morgan fingerprint density at radius 2 is 1.77 bits per heavy atom. The predicted octanol–water partition coefficient (Wildman–Crippen LogP) is -0.800. The number of aliphatic hydroxyl groups is 1. The van der Waals surface area contributed by atoms with Gasteiger partial charge in [-0.2, -0.15) is 0 Å². The molecule has 1 aromatic heterocycles. The van der Waals surface area contributed by atoms with Crippen molar-refractivity contribution in [3.63, 3.8) is 0 Å². The third-order valence-electron chi connectivity index (χ3n) is 8.92. The highest BCUT2D eigenvalue weighted by molar-refractivity contribution is 7.91. The number of hydrogen-bond donors (Lipinski definition) is 4. The third-order valence-corrected chi connectivity index (χ3v) is 10.6. The van der Waals surface area contributed by atoms with E-state index < -0.39 is 80.3 Å². The summed E-state index contributed by atoms with van der Waals surface area (Å²) >= 11 is 0. The molecule has 3 heterocycles. The first-order valence-electron chi connectivity index (χ1n) is 14.8. The first kappa shape index (κ1) is 33.3. The number of ketones is 1. The average Bonchev–Trinajstić information content (AvgIpc) is 3.61. The summed E-state index contributed by atoms with van der Waals surface area (Å²) in [7, 11) is -3.51. The normalized spacial score (nSPS) is 24.3. The van der Waals surface area contributed by atoms with Crippen LogP contribution in [0.1, 0.15) is 83.4 Å². The summed E-state index contributed by atoms with van der Waals surface area (Å²) in [5.41, 5.74) is 7.69. The SMILES string of the molecule is CC(C)(O)c1cnnn1[C@H]1C[C@@H](C(=O)NC2(C(=O)C(N)=O)CCS(=O)(=O)CC2)N(C(=O)C(CC2CCCCC2)OC(N)=O)C1. The second-order valence-electron chi connectivity index (χ2n) is 12.6. The second kappa shape index (κ2) is 12.8. The molecule has 0 aromatic carbocycles. The Morgan fingerprint density at radius 3 is 2.34 bits per heavy atom. The maximum absolute atomic E-state index is 14.1. The average molecular weight is 640 g/mol. The maximum Gasteiger partial charge on any atom is 0.405 e. The Hall–Kier alpha value is -3.60. The summed E-state index contributed by atoms with van der Waals surface area (Å²) in [5, 5.41) is 21.2. The fraction of sp³-hybridized carbons (Fsp3) is 0.741. The van der Waals surface area contributed by atoms with Gasteiger partial charge in [0.1, 0.15) is 17.2 Å². The summed E-state index contributed by atoms with van der Waals surface area (Å²) in [6.07, 6.45) is 3.05. The minimum absolute atomic E-state index is 0.0458. The molecule has 1 saturated carbocycles. The van der Waals surface area contributed by atoms with E-state index in [2.05, 4.69) is 15.6 Å². The third kappa shape index (κ3) is 7.36. The lowest BCUT2D eigenvalue weighted by Gasteiger charge is -2.37. The van der Waals surface area contributed by atoms with Gasteiger partial charge in [0.15, 0.2) is 15.9 Å². The maximum atomic E-state index is 14.1. The van der Waals surface area contributed by atoms with E-state index in [0.29, 0.717) is 5.69 Å². The van der Waals surface area contributed by atoms with Crippen molar-refractivity contribution in [2.24, 2.45) is 17.4 Å². The van der Waals surface area contributed by atoms with Crippen LogP contribution in [0.2, 0.25) is 0 Å². The predicted molar refractivity (Wildman–Crippen MR) is 153 cm³/mol. The zero-order valence-corrected chi connectivity index (χ0v) is 25.8. The number of rotatable bonds is 10. The topological polar surface area (TPSA) is 247 Å². The molecule has 4 amide bonds. The fourth-order valence-corrected chi connectivity index (χ4v) is 8.06. The molecule has 2 aliphatic heterocycles. The molecule has 44 heavy (non-hydrogen) atoms. The molecular formula is C27H41N7O9S.